The maximum atomic E-state index is 13.3. The van der Waals surface area contributed by atoms with E-state index in [1.807, 2.05) is 0 Å². The monoisotopic (exact) mass is 548 g/mol. The van der Waals surface area contributed by atoms with Gasteiger partial charge in [-0.25, -0.2) is 9.69 Å². The van der Waals surface area contributed by atoms with Gasteiger partial charge in [-0.1, -0.05) is 24.3 Å². The third-order valence-electron chi connectivity index (χ3n) is 5.71. The zero-order valence-electron chi connectivity index (χ0n) is 21.0. The van der Waals surface area contributed by atoms with Gasteiger partial charge in [-0.15, -0.1) is 6.58 Å². The molecule has 39 heavy (non-hydrogen) atoms. The molecule has 0 bridgehead atoms. The van der Waals surface area contributed by atoms with Crippen molar-refractivity contribution in [3.8, 4) is 17.2 Å². The number of allylic oxidation sites excluding steroid dienone is 1. The summed E-state index contributed by atoms with van der Waals surface area (Å²) in [5.74, 6) is -1.21. The first-order valence-electron chi connectivity index (χ1n) is 11.6. The first kappa shape index (κ1) is 27.1. The molecular weight excluding hydrogens is 524 g/mol. The number of urea groups is 1. The first-order chi connectivity index (χ1) is 18.7. The van der Waals surface area contributed by atoms with Crippen LogP contribution in [-0.2, 0) is 26.1 Å². The molecule has 1 heterocycles. The van der Waals surface area contributed by atoms with Crippen LogP contribution >= 0.6 is 0 Å². The van der Waals surface area contributed by atoms with Crippen molar-refractivity contribution in [1.29, 1.82) is 0 Å². The summed E-state index contributed by atoms with van der Waals surface area (Å²) in [6.07, 6.45) is 3.01. The zero-order valence-corrected chi connectivity index (χ0v) is 21.9. The number of barbiturate groups is 1. The van der Waals surface area contributed by atoms with Crippen molar-refractivity contribution in [2.24, 2.45) is 0 Å². The third kappa shape index (κ3) is 5.68. The minimum absolute atomic E-state index is 0.0458. The summed E-state index contributed by atoms with van der Waals surface area (Å²) in [6.45, 7) is 3.71. The van der Waals surface area contributed by atoms with Crippen LogP contribution in [0.5, 0.6) is 17.2 Å². The molecule has 1 fully saturated rings. The highest BCUT2D eigenvalue weighted by Crippen LogP contribution is 2.37. The van der Waals surface area contributed by atoms with Gasteiger partial charge in [0.05, 0.1) is 19.9 Å². The van der Waals surface area contributed by atoms with Crippen LogP contribution in [0, 0.1) is 0 Å². The van der Waals surface area contributed by atoms with Crippen molar-refractivity contribution in [2.75, 3.05) is 19.1 Å². The molecule has 0 saturated carbocycles. The number of methoxy groups -OCH3 is 2. The number of imide groups is 2. The van der Waals surface area contributed by atoms with Gasteiger partial charge in [0, 0.05) is 5.56 Å². The molecule has 0 aromatic heterocycles. The van der Waals surface area contributed by atoms with E-state index in [-0.39, 0.29) is 34.1 Å². The summed E-state index contributed by atoms with van der Waals surface area (Å²) in [5.41, 5.74) is 0.622. The second kappa shape index (κ2) is 11.2. The van der Waals surface area contributed by atoms with Gasteiger partial charge in [0.15, 0.2) is 11.5 Å². The molecule has 0 atom stereocenters. The lowest BCUT2D eigenvalue weighted by Gasteiger charge is -2.26. The highest BCUT2D eigenvalue weighted by atomic mass is 32.2. The maximum Gasteiger partial charge on any atom is 0.339 e. The standard InChI is InChI=1S/C28H24N2O8S/c1-4-8-19-15-18(17-24(37-3)25(19)38-39(34,35)22-9-6-5-7-10-22)16-23-26(31)29-28(33)30(27(23)32)20-11-13-21(36-2)14-12-20/h4-7,9-17H,1,8H2,2-3H3,(H,29,31,33)/b23-16+. The Balaban J connectivity index is 1.75. The van der Waals surface area contributed by atoms with E-state index >= 15 is 0 Å². The Morgan fingerprint density at radius 2 is 1.64 bits per heavy atom. The molecule has 1 saturated heterocycles. The summed E-state index contributed by atoms with van der Waals surface area (Å²) in [7, 11) is -1.38. The van der Waals surface area contributed by atoms with Gasteiger partial charge in [-0.05, 0) is 66.6 Å². The molecule has 0 spiro atoms. The van der Waals surface area contributed by atoms with Gasteiger partial charge in [0.2, 0.25) is 0 Å². The normalized spacial score (nSPS) is 14.7. The molecule has 4 rings (SSSR count). The third-order valence-corrected chi connectivity index (χ3v) is 6.94. The number of benzene rings is 3. The number of hydrogen-bond donors (Lipinski definition) is 1. The fourth-order valence-corrected chi connectivity index (χ4v) is 4.85. The minimum atomic E-state index is -4.19. The number of hydrogen-bond acceptors (Lipinski definition) is 8. The first-order valence-corrected chi connectivity index (χ1v) is 13.0. The second-order valence-electron chi connectivity index (χ2n) is 8.21. The number of rotatable bonds is 9. The number of ether oxygens (including phenoxy) is 2. The quantitative estimate of drug-likeness (QED) is 0.185. The van der Waals surface area contributed by atoms with Crippen molar-refractivity contribution in [2.45, 2.75) is 11.3 Å². The average molecular weight is 549 g/mol. The van der Waals surface area contributed by atoms with E-state index in [1.165, 1.54) is 56.7 Å². The summed E-state index contributed by atoms with van der Waals surface area (Å²) < 4.78 is 41.8. The summed E-state index contributed by atoms with van der Waals surface area (Å²) in [4.78, 5) is 39.2. The molecule has 0 aliphatic carbocycles. The van der Waals surface area contributed by atoms with Crippen molar-refractivity contribution in [3.05, 3.63) is 96.1 Å². The highest BCUT2D eigenvalue weighted by Gasteiger charge is 2.37. The van der Waals surface area contributed by atoms with Crippen LogP contribution in [0.2, 0.25) is 0 Å². The number of amides is 4. The Morgan fingerprint density at radius 3 is 2.26 bits per heavy atom. The van der Waals surface area contributed by atoms with Gasteiger partial charge in [-0.2, -0.15) is 8.42 Å². The maximum absolute atomic E-state index is 13.3. The lowest BCUT2D eigenvalue weighted by atomic mass is 10.0. The molecule has 1 N–H and O–H groups in total. The summed E-state index contributed by atoms with van der Waals surface area (Å²) in [5, 5.41) is 2.16. The van der Waals surface area contributed by atoms with E-state index < -0.39 is 28.0 Å². The van der Waals surface area contributed by atoms with Crippen LogP contribution < -0.4 is 23.9 Å². The van der Waals surface area contributed by atoms with Gasteiger partial charge in [-0.3, -0.25) is 14.9 Å². The molecule has 4 amide bonds. The lowest BCUT2D eigenvalue weighted by molar-refractivity contribution is -0.122. The number of carbonyl (C=O) groups is 3. The fraction of sp³-hybridized carbons (Fsp3) is 0.107. The van der Waals surface area contributed by atoms with E-state index in [0.29, 0.717) is 16.9 Å². The molecule has 200 valence electrons. The van der Waals surface area contributed by atoms with E-state index in [4.69, 9.17) is 13.7 Å². The predicted molar refractivity (Wildman–Crippen MR) is 143 cm³/mol. The summed E-state index contributed by atoms with van der Waals surface area (Å²) in [6, 6.07) is 15.8. The Bertz CT molecular complexity index is 1580. The van der Waals surface area contributed by atoms with E-state index in [9.17, 15) is 22.8 Å². The van der Waals surface area contributed by atoms with Crippen LogP contribution in [0.15, 0.2) is 89.9 Å². The van der Waals surface area contributed by atoms with Crippen molar-refractivity contribution in [3.63, 3.8) is 0 Å². The molecule has 3 aromatic carbocycles. The largest absolute Gasteiger partial charge is 0.497 e. The SMILES string of the molecule is C=CCc1cc(/C=C2\C(=O)NC(=O)N(c3ccc(OC)cc3)C2=O)cc(OC)c1OS(=O)(=O)c1ccccc1. The topological polar surface area (TPSA) is 128 Å². The van der Waals surface area contributed by atoms with Crippen LogP contribution in [0.3, 0.4) is 0 Å². The van der Waals surface area contributed by atoms with Crippen molar-refractivity contribution in [1.82, 2.24) is 5.32 Å². The Hall–Kier alpha value is -4.90. The smallest absolute Gasteiger partial charge is 0.339 e. The molecule has 0 radical (unpaired) electrons. The average Bonchev–Trinajstić information content (AvgIpc) is 2.93. The predicted octanol–water partition coefficient (Wildman–Crippen LogP) is 3.87. The highest BCUT2D eigenvalue weighted by molar-refractivity contribution is 7.87. The van der Waals surface area contributed by atoms with Crippen LogP contribution in [0.1, 0.15) is 11.1 Å². The Morgan fingerprint density at radius 1 is 0.949 bits per heavy atom. The van der Waals surface area contributed by atoms with E-state index in [2.05, 4.69) is 11.9 Å². The molecular formula is C28H24N2O8S. The molecule has 0 unspecified atom stereocenters. The summed E-state index contributed by atoms with van der Waals surface area (Å²) >= 11 is 0. The lowest BCUT2D eigenvalue weighted by Crippen LogP contribution is -2.54. The molecule has 10 nitrogen and oxygen atoms in total. The van der Waals surface area contributed by atoms with Crippen molar-refractivity contribution >= 4 is 39.7 Å². The molecule has 1 aliphatic rings. The zero-order chi connectivity index (χ0) is 28.2. The fourth-order valence-electron chi connectivity index (χ4n) is 3.86. The van der Waals surface area contributed by atoms with Crippen LogP contribution in [0.4, 0.5) is 10.5 Å². The Labute approximate surface area is 225 Å². The van der Waals surface area contributed by atoms with Crippen LogP contribution in [0.25, 0.3) is 6.08 Å². The van der Waals surface area contributed by atoms with Gasteiger partial charge in [0.1, 0.15) is 16.2 Å². The van der Waals surface area contributed by atoms with Crippen molar-refractivity contribution < 1.29 is 36.5 Å². The molecule has 3 aromatic rings. The second-order valence-corrected chi connectivity index (χ2v) is 9.76. The van der Waals surface area contributed by atoms with Gasteiger partial charge >= 0.3 is 16.1 Å². The van der Waals surface area contributed by atoms with E-state index in [0.717, 1.165) is 4.90 Å². The van der Waals surface area contributed by atoms with E-state index in [1.54, 1.807) is 36.4 Å². The number of anilines is 1. The van der Waals surface area contributed by atoms with Gasteiger partial charge < -0.3 is 13.7 Å². The molecule has 1 aliphatic heterocycles. The Kier molecular flexibility index (Phi) is 7.82. The van der Waals surface area contributed by atoms with Crippen LogP contribution in [-0.4, -0.2) is 40.5 Å². The van der Waals surface area contributed by atoms with Gasteiger partial charge in [0.25, 0.3) is 11.8 Å². The minimum Gasteiger partial charge on any atom is -0.497 e. The molecule has 11 heteroatoms. The number of carbonyl (C=O) groups excluding carboxylic acids is 3. The number of nitrogens with zero attached hydrogens (tertiary/aromatic N) is 1. The number of nitrogens with one attached hydrogen (secondary N) is 1.